The Bertz CT molecular complexity index is 174. The molecular weight excluding hydrogens is 164 g/mol. The minimum atomic E-state index is 0.435. The first-order chi connectivity index (χ1) is 5.35. The van der Waals surface area contributed by atoms with Gasteiger partial charge in [0.15, 0.2) is 0 Å². The topological polar surface area (TPSA) is 0 Å². The van der Waals surface area contributed by atoms with Gasteiger partial charge in [0.25, 0.3) is 0 Å². The molecule has 2 atom stereocenters. The van der Waals surface area contributed by atoms with Crippen LogP contribution in [0.5, 0.6) is 0 Å². The van der Waals surface area contributed by atoms with Crippen LogP contribution in [0, 0.1) is 11.3 Å². The van der Waals surface area contributed by atoms with Crippen molar-refractivity contribution in [3.05, 3.63) is 24.8 Å². The van der Waals surface area contributed by atoms with Crippen LogP contribution >= 0.6 is 0 Å². The zero-order valence-corrected chi connectivity index (χ0v) is 11.6. The Kier molecular flexibility index (Phi) is 2.90. The highest BCUT2D eigenvalue weighted by atomic mass is 29.1. The van der Waals surface area contributed by atoms with Crippen molar-refractivity contribution in [2.45, 2.75) is 19.3 Å². The van der Waals surface area contributed by atoms with Gasteiger partial charge in [0.05, 0.1) is 0 Å². The van der Waals surface area contributed by atoms with Gasteiger partial charge in [-0.2, -0.15) is 0 Å². The highest BCUT2D eigenvalue weighted by Crippen LogP contribution is 2.49. The summed E-state index contributed by atoms with van der Waals surface area (Å²) >= 11 is 0. The van der Waals surface area contributed by atoms with Crippen LogP contribution in [0.2, 0.25) is 0 Å². The molecule has 0 N–H and O–H groups in total. The minimum absolute atomic E-state index is 0.435. The predicted octanol–water partition coefficient (Wildman–Crippen LogP) is 0.161. The molecule has 0 aromatic carbocycles. The zero-order chi connectivity index (χ0) is 8.32. The third-order valence-electron chi connectivity index (χ3n) is 2.73. The average molecular weight is 182 g/mol. The first-order valence-corrected chi connectivity index (χ1v) is 12.7. The van der Waals surface area contributed by atoms with Crippen molar-refractivity contribution in [1.82, 2.24) is 0 Å². The fourth-order valence-electron chi connectivity index (χ4n) is 2.04. The van der Waals surface area contributed by atoms with E-state index in [9.17, 15) is 0 Å². The highest BCUT2D eigenvalue weighted by Gasteiger charge is 2.37. The molecule has 11 heavy (non-hydrogen) atoms. The normalized spacial score (nSPS) is 38.7. The number of rotatable bonds is 1. The van der Waals surface area contributed by atoms with Crippen LogP contribution in [0.1, 0.15) is 19.3 Å². The van der Waals surface area contributed by atoms with Crippen molar-refractivity contribution in [3.8, 4) is 0 Å². The van der Waals surface area contributed by atoms with Crippen LogP contribution in [0.3, 0.4) is 0 Å². The molecule has 2 bridgehead atoms. The number of allylic oxidation sites excluding steroid dienone is 3. The minimum Gasteiger partial charge on any atom is -0.102 e. The van der Waals surface area contributed by atoms with E-state index in [4.69, 9.17) is 0 Å². The van der Waals surface area contributed by atoms with Crippen molar-refractivity contribution in [2.24, 2.45) is 11.3 Å². The van der Waals surface area contributed by atoms with E-state index < -0.39 is 0 Å². The Balaban J connectivity index is 0.000000281. The lowest BCUT2D eigenvalue weighted by molar-refractivity contribution is 0.525. The second-order valence-corrected chi connectivity index (χ2v) is 3.30. The van der Waals surface area contributed by atoms with Crippen LogP contribution in [0.15, 0.2) is 24.8 Å². The third kappa shape index (κ3) is 1.57. The molecule has 2 heteroatoms. The summed E-state index contributed by atoms with van der Waals surface area (Å²) in [6.07, 6.45) is 10.9. The fourth-order valence-corrected chi connectivity index (χ4v) is 2.04. The molecule has 0 radical (unpaired) electrons. The van der Waals surface area contributed by atoms with Crippen molar-refractivity contribution < 1.29 is 0 Å². The molecular formula is C9H18Si2. The highest BCUT2D eigenvalue weighted by molar-refractivity contribution is 6.75. The summed E-state index contributed by atoms with van der Waals surface area (Å²) in [5, 5.41) is 0. The Morgan fingerprint density at radius 3 is 2.45 bits per heavy atom. The molecule has 0 saturated heterocycles. The number of hydrogen-bond acceptors (Lipinski definition) is 0. The molecule has 0 amide bonds. The first kappa shape index (κ1) is 9.01. The summed E-state index contributed by atoms with van der Waals surface area (Å²) in [5.41, 5.74) is 0.435. The van der Waals surface area contributed by atoms with Gasteiger partial charge in [0, 0.05) is 5.41 Å². The Labute approximate surface area is 75.4 Å². The monoisotopic (exact) mass is 182 g/mol. The maximum Gasteiger partial charge on any atom is 0.00642 e. The molecule has 2 rings (SSSR count). The molecule has 0 aromatic rings. The quantitative estimate of drug-likeness (QED) is 0.400. The van der Waals surface area contributed by atoms with Crippen LogP contribution in [0.25, 0.3) is 0 Å². The van der Waals surface area contributed by atoms with Gasteiger partial charge in [-0.25, -0.2) is 0 Å². The molecule has 2 aliphatic rings. The summed E-state index contributed by atoms with van der Waals surface area (Å²) < 4.78 is 0. The summed E-state index contributed by atoms with van der Waals surface area (Å²) in [6.45, 7) is 3.86. The van der Waals surface area contributed by atoms with Crippen LogP contribution in [-0.4, -0.2) is 19.5 Å². The van der Waals surface area contributed by atoms with E-state index in [0.29, 0.717) is 5.41 Å². The summed E-state index contributed by atoms with van der Waals surface area (Å²) in [4.78, 5) is 0. The maximum absolute atomic E-state index is 3.86. The molecule has 2 aliphatic carbocycles. The fraction of sp³-hybridized carbons (Fsp3) is 0.556. The third-order valence-corrected chi connectivity index (χ3v) is 2.73. The second kappa shape index (κ2) is 3.54. The van der Waals surface area contributed by atoms with E-state index in [1.54, 1.807) is 0 Å². The van der Waals surface area contributed by atoms with Gasteiger partial charge >= 0.3 is 0 Å². The summed E-state index contributed by atoms with van der Waals surface area (Å²) in [6, 6.07) is 0. The lowest BCUT2D eigenvalue weighted by atomic mass is 9.88. The molecule has 0 heterocycles. The van der Waals surface area contributed by atoms with E-state index in [1.807, 2.05) is 0 Å². The lowest BCUT2D eigenvalue weighted by Crippen LogP contribution is -2.05. The van der Waals surface area contributed by atoms with Crippen molar-refractivity contribution in [3.63, 3.8) is 0 Å². The second-order valence-electron chi connectivity index (χ2n) is 3.30. The van der Waals surface area contributed by atoms with Gasteiger partial charge in [-0.3, -0.25) is 0 Å². The van der Waals surface area contributed by atoms with E-state index in [2.05, 4.69) is 24.8 Å². The standard InChI is InChI=1S/C9H12.H6Si2/c1-2-9-5-3-8(7-9)4-6-9;1-2/h2-3,5,8H,1,4,6-7H2;1-2H3. The van der Waals surface area contributed by atoms with E-state index in [1.165, 1.54) is 38.8 Å². The van der Waals surface area contributed by atoms with Gasteiger partial charge in [-0.1, -0.05) is 18.2 Å². The number of fused-ring (bicyclic) bond motifs is 2. The van der Waals surface area contributed by atoms with Crippen molar-refractivity contribution >= 4 is 19.5 Å². The Morgan fingerprint density at radius 1 is 1.55 bits per heavy atom. The van der Waals surface area contributed by atoms with E-state index in [0.717, 1.165) is 5.92 Å². The number of hydrogen-bond donors (Lipinski definition) is 0. The summed E-state index contributed by atoms with van der Waals surface area (Å²) in [5.74, 6) is 0.892. The molecule has 1 fully saturated rings. The Hall–Kier alpha value is -0.0862. The Morgan fingerprint density at radius 2 is 2.27 bits per heavy atom. The van der Waals surface area contributed by atoms with E-state index in [-0.39, 0.29) is 0 Å². The van der Waals surface area contributed by atoms with Crippen molar-refractivity contribution in [1.29, 1.82) is 0 Å². The molecule has 0 spiro atoms. The molecule has 0 nitrogen and oxygen atoms in total. The zero-order valence-electron chi connectivity index (χ0n) is 7.64. The maximum atomic E-state index is 3.86. The van der Waals surface area contributed by atoms with Gasteiger partial charge in [0.1, 0.15) is 0 Å². The van der Waals surface area contributed by atoms with Gasteiger partial charge < -0.3 is 0 Å². The molecule has 0 aliphatic heterocycles. The van der Waals surface area contributed by atoms with Crippen LogP contribution in [-0.2, 0) is 0 Å². The SMILES string of the molecule is C=CC12C=CC(CC1)C2.[SiH3][SiH3]. The summed E-state index contributed by atoms with van der Waals surface area (Å²) in [7, 11) is 2.89. The molecule has 1 saturated carbocycles. The van der Waals surface area contributed by atoms with Crippen LogP contribution in [0.4, 0.5) is 0 Å². The average Bonchev–Trinajstić information content (AvgIpc) is 2.68. The largest absolute Gasteiger partial charge is 0.102 e. The van der Waals surface area contributed by atoms with Gasteiger partial charge in [0.2, 0.25) is 0 Å². The van der Waals surface area contributed by atoms with E-state index >= 15 is 0 Å². The van der Waals surface area contributed by atoms with Gasteiger partial charge in [-0.15, -0.1) is 6.58 Å². The lowest BCUT2D eigenvalue weighted by Gasteiger charge is -2.16. The first-order valence-electron chi connectivity index (χ1n) is 4.68. The predicted molar refractivity (Wildman–Crippen MR) is 59.0 cm³/mol. The van der Waals surface area contributed by atoms with Crippen molar-refractivity contribution in [2.75, 3.05) is 0 Å². The molecule has 62 valence electrons. The molecule has 2 unspecified atom stereocenters. The molecule has 0 aromatic heterocycles. The van der Waals surface area contributed by atoms with Crippen LogP contribution < -0.4 is 0 Å². The van der Waals surface area contributed by atoms with Gasteiger partial charge in [-0.05, 0) is 44.7 Å². The smallest absolute Gasteiger partial charge is 0.00642 e.